The van der Waals surface area contributed by atoms with Crippen LogP contribution in [0.2, 0.25) is 0 Å². The van der Waals surface area contributed by atoms with Gasteiger partial charge in [-0.2, -0.15) is 0 Å². The van der Waals surface area contributed by atoms with Crippen LogP contribution in [0.1, 0.15) is 45.1 Å². The van der Waals surface area contributed by atoms with Crippen LogP contribution >= 0.6 is 0 Å². The molecule has 0 radical (unpaired) electrons. The Morgan fingerprint density at radius 1 is 1.36 bits per heavy atom. The summed E-state index contributed by atoms with van der Waals surface area (Å²) in [5, 5.41) is 3.30. The van der Waals surface area contributed by atoms with E-state index >= 15 is 0 Å². The van der Waals surface area contributed by atoms with Crippen molar-refractivity contribution in [2.45, 2.75) is 39.5 Å². The molecule has 0 unspecified atom stereocenters. The standard InChI is InChI=1S/C12H20N2/c1-4-5-8-13-12-7-6-11(9-14-12)10(2)3/h6-7,9-10H,4-5,8H2,1-3H3,(H,13,14). The van der Waals surface area contributed by atoms with Gasteiger partial charge in [-0.25, -0.2) is 4.98 Å². The van der Waals surface area contributed by atoms with Crippen LogP contribution in [0.3, 0.4) is 0 Å². The quantitative estimate of drug-likeness (QED) is 0.723. The number of rotatable bonds is 5. The Morgan fingerprint density at radius 2 is 2.14 bits per heavy atom. The Labute approximate surface area is 86.8 Å². The number of pyridine rings is 1. The highest BCUT2D eigenvalue weighted by Crippen LogP contribution is 2.14. The first-order valence-electron chi connectivity index (χ1n) is 5.44. The van der Waals surface area contributed by atoms with E-state index in [1.54, 1.807) is 0 Å². The molecule has 0 aliphatic heterocycles. The topological polar surface area (TPSA) is 24.9 Å². The minimum absolute atomic E-state index is 0.562. The van der Waals surface area contributed by atoms with E-state index in [0.29, 0.717) is 5.92 Å². The minimum Gasteiger partial charge on any atom is -0.370 e. The number of unbranched alkanes of at least 4 members (excludes halogenated alkanes) is 1. The minimum atomic E-state index is 0.562. The van der Waals surface area contributed by atoms with Gasteiger partial charge in [-0.3, -0.25) is 0 Å². The SMILES string of the molecule is CCCCNc1ccc(C(C)C)cn1. The monoisotopic (exact) mass is 192 g/mol. The third kappa shape index (κ3) is 3.36. The first kappa shape index (κ1) is 11.0. The van der Waals surface area contributed by atoms with Gasteiger partial charge in [0.1, 0.15) is 5.82 Å². The van der Waals surface area contributed by atoms with Crippen molar-refractivity contribution in [3.8, 4) is 0 Å². The van der Waals surface area contributed by atoms with Crippen molar-refractivity contribution < 1.29 is 0 Å². The lowest BCUT2D eigenvalue weighted by molar-refractivity contribution is 0.828. The molecule has 0 aromatic carbocycles. The fraction of sp³-hybridized carbons (Fsp3) is 0.583. The normalized spacial score (nSPS) is 10.6. The van der Waals surface area contributed by atoms with Gasteiger partial charge in [-0.1, -0.05) is 33.3 Å². The lowest BCUT2D eigenvalue weighted by Gasteiger charge is -2.07. The van der Waals surface area contributed by atoms with Crippen molar-refractivity contribution in [1.82, 2.24) is 4.98 Å². The van der Waals surface area contributed by atoms with Crippen LogP contribution in [-0.4, -0.2) is 11.5 Å². The molecule has 0 aliphatic rings. The number of anilines is 1. The lowest BCUT2D eigenvalue weighted by Crippen LogP contribution is -2.02. The van der Waals surface area contributed by atoms with Crippen LogP contribution in [0.4, 0.5) is 5.82 Å². The Kier molecular flexibility index (Phi) is 4.44. The smallest absolute Gasteiger partial charge is 0.125 e. The van der Waals surface area contributed by atoms with Crippen LogP contribution in [0.15, 0.2) is 18.3 Å². The largest absolute Gasteiger partial charge is 0.370 e. The number of nitrogens with one attached hydrogen (secondary N) is 1. The first-order valence-corrected chi connectivity index (χ1v) is 5.44. The average molecular weight is 192 g/mol. The predicted molar refractivity (Wildman–Crippen MR) is 61.7 cm³/mol. The molecular weight excluding hydrogens is 172 g/mol. The molecule has 0 spiro atoms. The third-order valence-electron chi connectivity index (χ3n) is 2.29. The Bertz CT molecular complexity index is 252. The van der Waals surface area contributed by atoms with Gasteiger partial charge in [0.25, 0.3) is 0 Å². The fourth-order valence-corrected chi connectivity index (χ4v) is 1.24. The summed E-state index contributed by atoms with van der Waals surface area (Å²) in [5.74, 6) is 1.55. The van der Waals surface area contributed by atoms with Crippen LogP contribution in [-0.2, 0) is 0 Å². The van der Waals surface area contributed by atoms with Crippen molar-refractivity contribution in [3.05, 3.63) is 23.9 Å². The van der Waals surface area contributed by atoms with Crippen molar-refractivity contribution in [1.29, 1.82) is 0 Å². The molecule has 0 aliphatic carbocycles. The van der Waals surface area contributed by atoms with Gasteiger partial charge < -0.3 is 5.32 Å². The molecule has 0 fully saturated rings. The van der Waals surface area contributed by atoms with Gasteiger partial charge >= 0.3 is 0 Å². The molecule has 2 nitrogen and oxygen atoms in total. The highest BCUT2D eigenvalue weighted by molar-refractivity contribution is 5.35. The molecule has 1 N–H and O–H groups in total. The number of hydrogen-bond donors (Lipinski definition) is 1. The molecule has 78 valence electrons. The second-order valence-corrected chi connectivity index (χ2v) is 3.91. The molecule has 0 saturated heterocycles. The van der Waals surface area contributed by atoms with Crippen LogP contribution in [0.25, 0.3) is 0 Å². The van der Waals surface area contributed by atoms with Gasteiger partial charge in [-0.05, 0) is 24.0 Å². The molecule has 0 bridgehead atoms. The summed E-state index contributed by atoms with van der Waals surface area (Å²) in [7, 11) is 0. The molecule has 0 atom stereocenters. The maximum Gasteiger partial charge on any atom is 0.125 e. The van der Waals surface area contributed by atoms with E-state index in [-0.39, 0.29) is 0 Å². The number of nitrogens with zero attached hydrogens (tertiary/aromatic N) is 1. The second-order valence-electron chi connectivity index (χ2n) is 3.91. The maximum atomic E-state index is 4.36. The summed E-state index contributed by atoms with van der Waals surface area (Å²) >= 11 is 0. The summed E-state index contributed by atoms with van der Waals surface area (Å²) < 4.78 is 0. The van der Waals surface area contributed by atoms with Crippen LogP contribution in [0, 0.1) is 0 Å². The number of aromatic nitrogens is 1. The molecule has 1 rings (SSSR count). The predicted octanol–water partition coefficient (Wildman–Crippen LogP) is 3.42. The molecule has 1 aromatic rings. The zero-order valence-corrected chi connectivity index (χ0v) is 9.38. The van der Waals surface area contributed by atoms with Crippen molar-refractivity contribution >= 4 is 5.82 Å². The van der Waals surface area contributed by atoms with Gasteiger partial charge in [0.05, 0.1) is 0 Å². The summed E-state index contributed by atoms with van der Waals surface area (Å²) in [6.45, 7) is 7.57. The van der Waals surface area contributed by atoms with E-state index in [4.69, 9.17) is 0 Å². The van der Waals surface area contributed by atoms with E-state index < -0.39 is 0 Å². The summed E-state index contributed by atoms with van der Waals surface area (Å²) in [6, 6.07) is 4.21. The van der Waals surface area contributed by atoms with E-state index in [0.717, 1.165) is 12.4 Å². The molecule has 1 aromatic heterocycles. The first-order chi connectivity index (χ1) is 6.74. The third-order valence-corrected chi connectivity index (χ3v) is 2.29. The molecule has 14 heavy (non-hydrogen) atoms. The molecule has 2 heteroatoms. The van der Waals surface area contributed by atoms with Crippen molar-refractivity contribution in [2.24, 2.45) is 0 Å². The number of hydrogen-bond acceptors (Lipinski definition) is 2. The zero-order chi connectivity index (χ0) is 10.4. The Balaban J connectivity index is 2.47. The lowest BCUT2D eigenvalue weighted by atomic mass is 10.1. The molecule has 0 amide bonds. The van der Waals surface area contributed by atoms with Crippen LogP contribution in [0.5, 0.6) is 0 Å². The molecular formula is C12H20N2. The van der Waals surface area contributed by atoms with Gasteiger partial charge in [0.15, 0.2) is 0 Å². The van der Waals surface area contributed by atoms with Crippen molar-refractivity contribution in [3.63, 3.8) is 0 Å². The molecule has 1 heterocycles. The summed E-state index contributed by atoms with van der Waals surface area (Å²) in [4.78, 5) is 4.36. The van der Waals surface area contributed by atoms with E-state index in [2.05, 4.69) is 43.2 Å². The highest BCUT2D eigenvalue weighted by Gasteiger charge is 1.98. The zero-order valence-electron chi connectivity index (χ0n) is 9.38. The molecule has 0 saturated carbocycles. The van der Waals surface area contributed by atoms with E-state index in [9.17, 15) is 0 Å². The van der Waals surface area contributed by atoms with E-state index in [1.165, 1.54) is 18.4 Å². The highest BCUT2D eigenvalue weighted by atomic mass is 15.0. The van der Waals surface area contributed by atoms with Gasteiger partial charge in [-0.15, -0.1) is 0 Å². The van der Waals surface area contributed by atoms with E-state index in [1.807, 2.05) is 6.20 Å². The fourth-order valence-electron chi connectivity index (χ4n) is 1.24. The summed E-state index contributed by atoms with van der Waals surface area (Å²) in [5.41, 5.74) is 1.30. The van der Waals surface area contributed by atoms with Gasteiger partial charge in [0, 0.05) is 12.7 Å². The summed E-state index contributed by atoms with van der Waals surface area (Å²) in [6.07, 6.45) is 4.38. The maximum absolute atomic E-state index is 4.36. The van der Waals surface area contributed by atoms with Gasteiger partial charge in [0.2, 0.25) is 0 Å². The van der Waals surface area contributed by atoms with Crippen molar-refractivity contribution in [2.75, 3.05) is 11.9 Å². The Hall–Kier alpha value is -1.05. The average Bonchev–Trinajstić information content (AvgIpc) is 2.19. The Morgan fingerprint density at radius 3 is 2.64 bits per heavy atom. The second kappa shape index (κ2) is 5.63. The van der Waals surface area contributed by atoms with Crippen LogP contribution < -0.4 is 5.32 Å².